The summed E-state index contributed by atoms with van der Waals surface area (Å²) < 4.78 is 0. The Labute approximate surface area is 107 Å². The van der Waals surface area contributed by atoms with Gasteiger partial charge in [0.25, 0.3) is 0 Å². The van der Waals surface area contributed by atoms with Gasteiger partial charge in [-0.1, -0.05) is 13.0 Å². The van der Waals surface area contributed by atoms with Crippen molar-refractivity contribution in [3.63, 3.8) is 0 Å². The molecule has 2 amide bonds. The van der Waals surface area contributed by atoms with E-state index >= 15 is 0 Å². The van der Waals surface area contributed by atoms with Crippen molar-refractivity contribution in [2.24, 2.45) is 5.73 Å². The normalized spacial score (nSPS) is 11.8. The third-order valence-electron chi connectivity index (χ3n) is 2.59. The Bertz CT molecular complexity index is 458. The molecule has 98 valence electrons. The number of nitrogens with two attached hydrogens (primary N) is 1. The summed E-state index contributed by atoms with van der Waals surface area (Å²) >= 11 is 0. The standard InChI is InChI=1S/C13H19N3O2/c1-4-11(14)13(18)16-10-6-5-8(2)12(7-10)15-9(3)17/h5-7,11H,4,14H2,1-3H3,(H,15,17)(H,16,18)/t11-/m1/s1. The number of nitrogens with one attached hydrogen (secondary N) is 2. The van der Waals surface area contributed by atoms with Crippen molar-refractivity contribution in [3.05, 3.63) is 23.8 Å². The molecule has 0 unspecified atom stereocenters. The van der Waals surface area contributed by atoms with Crippen molar-refractivity contribution < 1.29 is 9.59 Å². The molecule has 1 atom stereocenters. The van der Waals surface area contributed by atoms with Crippen LogP contribution < -0.4 is 16.4 Å². The molecule has 0 aliphatic carbocycles. The number of aryl methyl sites for hydroxylation is 1. The highest BCUT2D eigenvalue weighted by molar-refractivity contribution is 5.96. The fourth-order valence-corrected chi connectivity index (χ4v) is 1.44. The third-order valence-corrected chi connectivity index (χ3v) is 2.59. The van der Waals surface area contributed by atoms with Crippen LogP contribution >= 0.6 is 0 Å². The second-order valence-corrected chi connectivity index (χ2v) is 4.21. The van der Waals surface area contributed by atoms with Crippen molar-refractivity contribution in [2.75, 3.05) is 10.6 Å². The van der Waals surface area contributed by atoms with Crippen LogP contribution in [0.5, 0.6) is 0 Å². The number of rotatable bonds is 4. The first-order valence-electron chi connectivity index (χ1n) is 5.88. The molecule has 0 saturated heterocycles. The van der Waals surface area contributed by atoms with Gasteiger partial charge >= 0.3 is 0 Å². The number of hydrogen-bond donors (Lipinski definition) is 3. The van der Waals surface area contributed by atoms with Crippen LogP contribution in [0.15, 0.2) is 18.2 Å². The van der Waals surface area contributed by atoms with Crippen molar-refractivity contribution in [2.45, 2.75) is 33.2 Å². The van der Waals surface area contributed by atoms with Gasteiger partial charge in [-0.15, -0.1) is 0 Å². The van der Waals surface area contributed by atoms with Crippen LogP contribution in [0.3, 0.4) is 0 Å². The van der Waals surface area contributed by atoms with Crippen LogP contribution in [0.2, 0.25) is 0 Å². The number of amides is 2. The van der Waals surface area contributed by atoms with Gasteiger partial charge in [-0.3, -0.25) is 9.59 Å². The Balaban J connectivity index is 2.85. The summed E-state index contributed by atoms with van der Waals surface area (Å²) in [6.07, 6.45) is 0.580. The molecule has 1 aromatic rings. The van der Waals surface area contributed by atoms with Crippen LogP contribution in [0.25, 0.3) is 0 Å². The molecule has 0 heterocycles. The molecule has 0 bridgehead atoms. The maximum absolute atomic E-state index is 11.6. The number of carbonyl (C=O) groups is 2. The average Bonchev–Trinajstić information content (AvgIpc) is 2.31. The molecule has 0 spiro atoms. The highest BCUT2D eigenvalue weighted by Gasteiger charge is 2.11. The summed E-state index contributed by atoms with van der Waals surface area (Å²) in [7, 11) is 0. The van der Waals surface area contributed by atoms with Crippen molar-refractivity contribution >= 4 is 23.2 Å². The summed E-state index contributed by atoms with van der Waals surface area (Å²) in [5.41, 5.74) is 7.87. The van der Waals surface area contributed by atoms with Crippen LogP contribution in [0, 0.1) is 6.92 Å². The number of anilines is 2. The summed E-state index contributed by atoms with van der Waals surface area (Å²) in [5.74, 6) is -0.373. The predicted octanol–water partition coefficient (Wildman–Crippen LogP) is 1.63. The zero-order valence-corrected chi connectivity index (χ0v) is 10.9. The topological polar surface area (TPSA) is 84.2 Å². The SMILES string of the molecule is CC[C@@H](N)C(=O)Nc1ccc(C)c(NC(C)=O)c1. The molecule has 18 heavy (non-hydrogen) atoms. The molecule has 0 aliphatic rings. The lowest BCUT2D eigenvalue weighted by Gasteiger charge is -2.12. The summed E-state index contributed by atoms with van der Waals surface area (Å²) in [4.78, 5) is 22.7. The first-order valence-corrected chi connectivity index (χ1v) is 5.88. The smallest absolute Gasteiger partial charge is 0.241 e. The Hall–Kier alpha value is -1.88. The molecule has 0 fully saturated rings. The summed E-state index contributed by atoms with van der Waals surface area (Å²) in [6, 6.07) is 4.81. The molecule has 0 saturated carbocycles. The Morgan fingerprint density at radius 1 is 1.33 bits per heavy atom. The van der Waals surface area contributed by atoms with Gasteiger partial charge in [0, 0.05) is 18.3 Å². The molecule has 1 aromatic carbocycles. The Morgan fingerprint density at radius 3 is 2.56 bits per heavy atom. The minimum atomic E-state index is -0.518. The van der Waals surface area contributed by atoms with E-state index < -0.39 is 6.04 Å². The van der Waals surface area contributed by atoms with E-state index in [2.05, 4.69) is 10.6 Å². The lowest BCUT2D eigenvalue weighted by molar-refractivity contribution is -0.117. The molecule has 0 aromatic heterocycles. The van der Waals surface area contributed by atoms with Gasteiger partial charge < -0.3 is 16.4 Å². The monoisotopic (exact) mass is 249 g/mol. The number of hydrogen-bond acceptors (Lipinski definition) is 3. The zero-order chi connectivity index (χ0) is 13.7. The fourth-order valence-electron chi connectivity index (χ4n) is 1.44. The maximum atomic E-state index is 11.6. The van der Waals surface area contributed by atoms with E-state index in [0.29, 0.717) is 17.8 Å². The lowest BCUT2D eigenvalue weighted by Crippen LogP contribution is -2.34. The van der Waals surface area contributed by atoms with E-state index in [9.17, 15) is 9.59 Å². The first-order chi connectivity index (χ1) is 8.43. The quantitative estimate of drug-likeness (QED) is 0.758. The fraction of sp³-hybridized carbons (Fsp3) is 0.385. The molecular formula is C13H19N3O2. The minimum Gasteiger partial charge on any atom is -0.326 e. The van der Waals surface area contributed by atoms with Gasteiger partial charge in [-0.25, -0.2) is 0 Å². The third kappa shape index (κ3) is 3.85. The van der Waals surface area contributed by atoms with Crippen molar-refractivity contribution in [1.29, 1.82) is 0 Å². The Morgan fingerprint density at radius 2 is 2.00 bits per heavy atom. The van der Waals surface area contributed by atoms with Crippen molar-refractivity contribution in [3.8, 4) is 0 Å². The molecular weight excluding hydrogens is 230 g/mol. The van der Waals surface area contributed by atoms with Gasteiger partial charge in [0.05, 0.1) is 6.04 Å². The van der Waals surface area contributed by atoms with E-state index in [4.69, 9.17) is 5.73 Å². The van der Waals surface area contributed by atoms with Gasteiger partial charge in [0.2, 0.25) is 11.8 Å². The number of carbonyl (C=O) groups excluding carboxylic acids is 2. The highest BCUT2D eigenvalue weighted by atomic mass is 16.2. The summed E-state index contributed by atoms with van der Waals surface area (Å²) in [5, 5.41) is 5.43. The molecule has 5 nitrogen and oxygen atoms in total. The van der Waals surface area contributed by atoms with E-state index in [1.54, 1.807) is 12.1 Å². The largest absolute Gasteiger partial charge is 0.326 e. The predicted molar refractivity (Wildman–Crippen MR) is 72.4 cm³/mol. The van der Waals surface area contributed by atoms with Gasteiger partial charge in [-0.05, 0) is 31.0 Å². The Kier molecular flexibility index (Phi) is 4.85. The van der Waals surface area contributed by atoms with E-state index in [1.165, 1.54) is 6.92 Å². The first kappa shape index (κ1) is 14.2. The van der Waals surface area contributed by atoms with Crippen LogP contribution in [-0.4, -0.2) is 17.9 Å². The molecule has 5 heteroatoms. The maximum Gasteiger partial charge on any atom is 0.241 e. The summed E-state index contributed by atoms with van der Waals surface area (Å²) in [6.45, 7) is 5.18. The van der Waals surface area contributed by atoms with Gasteiger partial charge in [-0.2, -0.15) is 0 Å². The van der Waals surface area contributed by atoms with Crippen LogP contribution in [0.4, 0.5) is 11.4 Å². The molecule has 0 aliphatic heterocycles. The van der Waals surface area contributed by atoms with Gasteiger partial charge in [0.1, 0.15) is 0 Å². The van der Waals surface area contributed by atoms with Gasteiger partial charge in [0.15, 0.2) is 0 Å². The van der Waals surface area contributed by atoms with Crippen LogP contribution in [-0.2, 0) is 9.59 Å². The second kappa shape index (κ2) is 6.16. The molecule has 4 N–H and O–H groups in total. The number of benzene rings is 1. The average molecular weight is 249 g/mol. The van der Waals surface area contributed by atoms with E-state index in [0.717, 1.165) is 5.56 Å². The highest BCUT2D eigenvalue weighted by Crippen LogP contribution is 2.20. The minimum absolute atomic E-state index is 0.146. The van der Waals surface area contributed by atoms with E-state index in [1.807, 2.05) is 19.9 Å². The molecule has 1 rings (SSSR count). The van der Waals surface area contributed by atoms with Crippen molar-refractivity contribution in [1.82, 2.24) is 0 Å². The zero-order valence-electron chi connectivity index (χ0n) is 10.9. The van der Waals surface area contributed by atoms with Crippen LogP contribution in [0.1, 0.15) is 25.8 Å². The lowest BCUT2D eigenvalue weighted by atomic mass is 10.1. The second-order valence-electron chi connectivity index (χ2n) is 4.21. The molecule has 0 radical (unpaired) electrons. The van der Waals surface area contributed by atoms with E-state index in [-0.39, 0.29) is 11.8 Å².